The lowest BCUT2D eigenvalue weighted by Gasteiger charge is -2.32. The van der Waals surface area contributed by atoms with Crippen molar-refractivity contribution in [2.45, 2.75) is 101 Å². The van der Waals surface area contributed by atoms with Gasteiger partial charge in [0.05, 0.1) is 24.2 Å². The Bertz CT molecular complexity index is 1590. The first-order valence-electron chi connectivity index (χ1n) is 17.9. The second kappa shape index (κ2) is 22.9. The normalized spacial score (nSPS) is 16.2. The van der Waals surface area contributed by atoms with Crippen molar-refractivity contribution in [2.24, 2.45) is 22.5 Å². The van der Waals surface area contributed by atoms with Crippen LogP contribution in [0, 0.1) is 4.91 Å². The average Bonchev–Trinajstić information content (AvgIpc) is 3.62. The monoisotopic (exact) mass is 789 g/mol. The minimum absolute atomic E-state index is 0.0353. The van der Waals surface area contributed by atoms with Crippen LogP contribution in [0.15, 0.2) is 29.6 Å². The van der Waals surface area contributed by atoms with E-state index in [4.69, 9.17) is 17.2 Å². The first-order chi connectivity index (χ1) is 26.5. The van der Waals surface area contributed by atoms with Crippen molar-refractivity contribution < 1.29 is 48.3 Å². The van der Waals surface area contributed by atoms with Crippen molar-refractivity contribution in [1.29, 1.82) is 0 Å². The van der Waals surface area contributed by atoms with Gasteiger partial charge in [0.1, 0.15) is 23.9 Å². The molecule has 12 N–H and O–H groups in total. The van der Waals surface area contributed by atoms with Crippen molar-refractivity contribution in [3.8, 4) is 5.75 Å². The number of rotatable bonds is 25. The van der Waals surface area contributed by atoms with Crippen molar-refractivity contribution >= 4 is 53.7 Å². The number of hydrogen-bond acceptors (Lipinski definition) is 13. The predicted octanol–water partition coefficient (Wildman–Crippen LogP) is -3.59. The van der Waals surface area contributed by atoms with Crippen LogP contribution in [0.4, 0.5) is 0 Å². The zero-order valence-corrected chi connectivity index (χ0v) is 31.2. The maximum atomic E-state index is 14.0. The van der Waals surface area contributed by atoms with E-state index in [2.05, 4.69) is 31.9 Å². The van der Waals surface area contributed by atoms with Crippen LogP contribution in [0.2, 0.25) is 0 Å². The van der Waals surface area contributed by atoms with Gasteiger partial charge in [0.25, 0.3) is 5.91 Å². The minimum atomic E-state index is -2.04. The quantitative estimate of drug-likeness (QED) is 0.0264. The number of aromatic hydroxyl groups is 1. The molecule has 1 aliphatic heterocycles. The molecule has 308 valence electrons. The molecular formula is C34H51N11O11. The van der Waals surface area contributed by atoms with Crippen LogP contribution < -0.4 is 43.8 Å². The fraction of sp³-hybridized carbons (Fsp3) is 0.559. The van der Waals surface area contributed by atoms with E-state index in [1.165, 1.54) is 36.2 Å². The Morgan fingerprint density at radius 1 is 0.929 bits per heavy atom. The van der Waals surface area contributed by atoms with Gasteiger partial charge >= 0.3 is 0 Å². The Hall–Kier alpha value is -6.19. The molecule has 1 heterocycles. The summed E-state index contributed by atoms with van der Waals surface area (Å²) in [5, 5.41) is 25.3. The molecule has 1 fully saturated rings. The van der Waals surface area contributed by atoms with Crippen molar-refractivity contribution in [3.05, 3.63) is 34.7 Å². The number of nitroso groups, excluding NO2 is 1. The summed E-state index contributed by atoms with van der Waals surface area (Å²) in [5.74, 6) is -7.23. The van der Waals surface area contributed by atoms with Gasteiger partial charge in [0.2, 0.25) is 47.8 Å². The molecule has 56 heavy (non-hydrogen) atoms. The third-order valence-corrected chi connectivity index (χ3v) is 9.07. The summed E-state index contributed by atoms with van der Waals surface area (Å²) in [6.45, 7) is 1.93. The molecule has 0 radical (unpaired) electrons. The average molecular weight is 790 g/mol. The van der Waals surface area contributed by atoms with Crippen LogP contribution in [-0.4, -0.2) is 125 Å². The van der Waals surface area contributed by atoms with Crippen LogP contribution in [-0.2, 0) is 49.6 Å². The number of nitrogens with two attached hydrogens (primary N) is 3. The Balaban J connectivity index is 2.42. The number of hydrogen-bond donors (Lipinski definition) is 9. The second-order valence-electron chi connectivity index (χ2n) is 13.2. The van der Waals surface area contributed by atoms with E-state index in [0.29, 0.717) is 31.2 Å². The molecule has 1 aromatic rings. The first kappa shape index (κ1) is 46.0. The van der Waals surface area contributed by atoms with Gasteiger partial charge in [-0.25, -0.2) is 0 Å². The van der Waals surface area contributed by atoms with E-state index < -0.39 is 96.4 Å². The fourth-order valence-electron chi connectivity index (χ4n) is 6.11. The molecule has 0 saturated carbocycles. The molecule has 22 nitrogen and oxygen atoms in total. The maximum Gasteiger partial charge on any atom is 0.268 e. The lowest BCUT2D eigenvalue weighted by atomic mass is 10.0. The number of primary amides is 3. The molecule has 0 aliphatic carbocycles. The minimum Gasteiger partial charge on any atom is -0.508 e. The van der Waals surface area contributed by atoms with E-state index in [1.54, 1.807) is 6.92 Å². The molecule has 0 aromatic heterocycles. The number of phenols is 1. The summed E-state index contributed by atoms with van der Waals surface area (Å²) in [7, 11) is 1.37. The van der Waals surface area contributed by atoms with Crippen molar-refractivity contribution in [2.75, 3.05) is 20.1 Å². The highest BCUT2D eigenvalue weighted by Gasteiger charge is 2.40. The molecule has 1 aromatic carbocycles. The SMILES string of the molecule is CCC(CC(=O)NC(Cc1ccc(O)cc1)C(=O)N(N=O)C(CC(N)=O)C(=O)NC(CCC(N)=O)C(=O)N1CCCC1CNC(CC(N)=O)C(=O)NC)NC=O. The molecule has 0 spiro atoms. The van der Waals surface area contributed by atoms with Gasteiger partial charge < -0.3 is 53.8 Å². The number of likely N-dealkylation sites (tertiary alicyclic amines) is 1. The summed E-state index contributed by atoms with van der Waals surface area (Å²) in [6.07, 6.45) is -0.859. The topological polar surface area (TPSA) is 348 Å². The molecular weight excluding hydrogens is 738 g/mol. The number of nitrogens with one attached hydrogen (secondary N) is 5. The molecule has 2 rings (SSSR count). The third-order valence-electron chi connectivity index (χ3n) is 9.07. The van der Waals surface area contributed by atoms with E-state index >= 15 is 0 Å². The van der Waals surface area contributed by atoms with E-state index in [1.807, 2.05) is 0 Å². The van der Waals surface area contributed by atoms with Gasteiger partial charge in [-0.1, -0.05) is 19.1 Å². The summed E-state index contributed by atoms with van der Waals surface area (Å²) in [6, 6.07) is -1.79. The summed E-state index contributed by atoms with van der Waals surface area (Å²) in [4.78, 5) is 128. The molecule has 0 bridgehead atoms. The van der Waals surface area contributed by atoms with Gasteiger partial charge in [-0.05, 0) is 43.4 Å². The standard InChI is InChI=1S/C34H51N11O11/c1-3-20(40-18-46)14-30(51)41-25(13-19-6-8-22(47)9-7-19)34(55)45(43-56)26(16-29(37)50)32(53)42-23(10-11-27(35)48)33(54)44-12-4-5-21(44)17-39-24(15-28(36)49)31(52)38-2/h6-9,18,20-21,23-26,39,47H,3-5,10-17H2,1-2H3,(H2,35,48)(H2,36,49)(H2,37,50)(H,38,52)(H,40,46)(H,41,51)(H,42,53). The number of phenolic OH excluding ortho intramolecular Hbond substituents is 1. The Morgan fingerprint density at radius 3 is 2.14 bits per heavy atom. The highest BCUT2D eigenvalue weighted by Crippen LogP contribution is 2.21. The Morgan fingerprint density at radius 2 is 1.59 bits per heavy atom. The molecule has 9 amide bonds. The Kier molecular flexibility index (Phi) is 18.8. The molecule has 1 saturated heterocycles. The van der Waals surface area contributed by atoms with Gasteiger partial charge in [-0.3, -0.25) is 43.2 Å². The molecule has 6 atom stereocenters. The van der Waals surface area contributed by atoms with Crippen molar-refractivity contribution in [3.63, 3.8) is 0 Å². The summed E-state index contributed by atoms with van der Waals surface area (Å²) < 4.78 is 0. The zero-order chi connectivity index (χ0) is 41.9. The second-order valence-corrected chi connectivity index (χ2v) is 13.2. The van der Waals surface area contributed by atoms with Gasteiger partial charge in [-0.15, -0.1) is 4.91 Å². The number of nitrogens with zero attached hydrogens (tertiary/aromatic N) is 3. The van der Waals surface area contributed by atoms with Crippen LogP contribution in [0.1, 0.15) is 63.9 Å². The highest BCUT2D eigenvalue weighted by atomic mass is 16.3. The predicted molar refractivity (Wildman–Crippen MR) is 197 cm³/mol. The Labute approximate surface area is 322 Å². The number of carbonyl (C=O) groups excluding carboxylic acids is 9. The van der Waals surface area contributed by atoms with Gasteiger partial charge in [0, 0.05) is 51.5 Å². The smallest absolute Gasteiger partial charge is 0.268 e. The van der Waals surface area contributed by atoms with E-state index in [-0.39, 0.29) is 49.5 Å². The van der Waals surface area contributed by atoms with E-state index in [9.17, 15) is 53.2 Å². The maximum absolute atomic E-state index is 14.0. The summed E-state index contributed by atoms with van der Waals surface area (Å²) in [5.41, 5.74) is 16.4. The van der Waals surface area contributed by atoms with Crippen LogP contribution in [0.25, 0.3) is 0 Å². The number of amides is 9. The lowest BCUT2D eigenvalue weighted by Crippen LogP contribution is -2.59. The van der Waals surface area contributed by atoms with Crippen molar-refractivity contribution in [1.82, 2.24) is 36.5 Å². The number of carbonyl (C=O) groups is 9. The van der Waals surface area contributed by atoms with Crippen LogP contribution >= 0.6 is 0 Å². The number of benzene rings is 1. The lowest BCUT2D eigenvalue weighted by molar-refractivity contribution is -0.146. The van der Waals surface area contributed by atoms with Gasteiger partial charge in [-0.2, -0.15) is 5.01 Å². The molecule has 1 aliphatic rings. The third kappa shape index (κ3) is 14.6. The van der Waals surface area contributed by atoms with Crippen LogP contribution in [0.3, 0.4) is 0 Å². The molecule has 22 heteroatoms. The first-order valence-corrected chi connectivity index (χ1v) is 17.9. The number of likely N-dealkylation sites (N-methyl/N-ethyl adjacent to an activating group) is 1. The van der Waals surface area contributed by atoms with Crippen LogP contribution in [0.5, 0.6) is 5.75 Å². The van der Waals surface area contributed by atoms with E-state index in [0.717, 1.165) is 0 Å². The molecule has 6 unspecified atom stereocenters. The highest BCUT2D eigenvalue weighted by molar-refractivity contribution is 5.96. The fourth-order valence-corrected chi connectivity index (χ4v) is 6.11. The largest absolute Gasteiger partial charge is 0.508 e. The van der Waals surface area contributed by atoms with Gasteiger partial charge in [0.15, 0.2) is 0 Å². The zero-order valence-electron chi connectivity index (χ0n) is 31.2. The summed E-state index contributed by atoms with van der Waals surface area (Å²) >= 11 is 0.